The fourth-order valence-electron chi connectivity index (χ4n) is 2.36. The molecule has 1 aromatic heterocycles. The van der Waals surface area contributed by atoms with Crippen LogP contribution in [0.15, 0.2) is 24.9 Å². The number of primary amides is 1. The first-order valence-corrected chi connectivity index (χ1v) is 7.69. The fraction of sp³-hybridized carbons (Fsp3) is 0.400. The van der Waals surface area contributed by atoms with Gasteiger partial charge in [-0.25, -0.2) is 4.98 Å². The van der Waals surface area contributed by atoms with Crippen molar-refractivity contribution < 1.29 is 9.59 Å². The number of hydrogen-bond acceptors (Lipinski definition) is 5. The van der Waals surface area contributed by atoms with Crippen LogP contribution in [0.3, 0.4) is 0 Å². The quantitative estimate of drug-likeness (QED) is 0.726. The molecule has 0 saturated carbocycles. The second kappa shape index (κ2) is 7.94. The standard InChI is InChI=1S/C15H20ClN5O2/c1-2-3-18-13(22)10-20-4-6-21(7-5-20)15-12(16)8-11(9-19-15)14(17)23/h2,8-9H,1,3-7,10H2,(H2,17,23)(H,18,22). The van der Waals surface area contributed by atoms with Crippen LogP contribution in [0.2, 0.25) is 5.02 Å². The summed E-state index contributed by atoms with van der Waals surface area (Å²) in [6.45, 7) is 7.28. The predicted molar refractivity (Wildman–Crippen MR) is 89.6 cm³/mol. The number of piperazine rings is 1. The second-order valence-corrected chi connectivity index (χ2v) is 5.66. The highest BCUT2D eigenvalue weighted by Crippen LogP contribution is 2.24. The first kappa shape index (κ1) is 17.2. The van der Waals surface area contributed by atoms with Crippen LogP contribution in [0.1, 0.15) is 10.4 Å². The van der Waals surface area contributed by atoms with Crippen molar-refractivity contribution in [2.45, 2.75) is 0 Å². The smallest absolute Gasteiger partial charge is 0.250 e. The molecular formula is C15H20ClN5O2. The molecular weight excluding hydrogens is 318 g/mol. The van der Waals surface area contributed by atoms with Gasteiger partial charge in [-0.2, -0.15) is 0 Å². The van der Waals surface area contributed by atoms with Crippen LogP contribution in [0.25, 0.3) is 0 Å². The van der Waals surface area contributed by atoms with E-state index in [0.717, 1.165) is 13.1 Å². The molecule has 0 radical (unpaired) electrons. The number of halogens is 1. The third kappa shape index (κ3) is 4.67. The number of aromatic nitrogens is 1. The van der Waals surface area contributed by atoms with Crippen LogP contribution < -0.4 is 16.0 Å². The number of pyridine rings is 1. The summed E-state index contributed by atoms with van der Waals surface area (Å²) < 4.78 is 0. The Kier molecular flexibility index (Phi) is 5.95. The lowest BCUT2D eigenvalue weighted by molar-refractivity contribution is -0.122. The van der Waals surface area contributed by atoms with E-state index in [1.54, 1.807) is 6.08 Å². The summed E-state index contributed by atoms with van der Waals surface area (Å²) in [5.74, 6) is 0.0639. The summed E-state index contributed by atoms with van der Waals surface area (Å²) in [5, 5.41) is 3.16. The minimum Gasteiger partial charge on any atom is -0.366 e. The van der Waals surface area contributed by atoms with Gasteiger partial charge >= 0.3 is 0 Å². The first-order chi connectivity index (χ1) is 11.0. The molecule has 1 saturated heterocycles. The molecule has 8 heteroatoms. The number of hydrogen-bond donors (Lipinski definition) is 2. The third-order valence-corrected chi connectivity index (χ3v) is 3.87. The molecule has 0 bridgehead atoms. The Bertz CT molecular complexity index is 600. The monoisotopic (exact) mass is 337 g/mol. The van der Waals surface area contributed by atoms with Crippen molar-refractivity contribution in [2.24, 2.45) is 5.73 Å². The zero-order chi connectivity index (χ0) is 16.8. The van der Waals surface area contributed by atoms with E-state index < -0.39 is 5.91 Å². The molecule has 0 unspecified atom stereocenters. The molecule has 1 fully saturated rings. The average molecular weight is 338 g/mol. The van der Waals surface area contributed by atoms with Crippen molar-refractivity contribution in [1.82, 2.24) is 15.2 Å². The number of carbonyl (C=O) groups excluding carboxylic acids is 2. The van der Waals surface area contributed by atoms with Gasteiger partial charge in [0, 0.05) is 38.9 Å². The molecule has 7 nitrogen and oxygen atoms in total. The first-order valence-electron chi connectivity index (χ1n) is 7.31. The number of nitrogens with two attached hydrogens (primary N) is 1. The minimum absolute atomic E-state index is 0.0136. The number of nitrogens with zero attached hydrogens (tertiary/aromatic N) is 3. The van der Waals surface area contributed by atoms with E-state index in [1.165, 1.54) is 12.3 Å². The summed E-state index contributed by atoms with van der Waals surface area (Å²) in [4.78, 5) is 31.1. The Morgan fingerprint density at radius 2 is 2.09 bits per heavy atom. The van der Waals surface area contributed by atoms with Crippen LogP contribution in [-0.2, 0) is 4.79 Å². The zero-order valence-corrected chi connectivity index (χ0v) is 13.6. The molecule has 1 aliphatic heterocycles. The van der Waals surface area contributed by atoms with E-state index in [0.29, 0.717) is 37.0 Å². The number of carbonyl (C=O) groups is 2. The minimum atomic E-state index is -0.554. The lowest BCUT2D eigenvalue weighted by atomic mass is 10.2. The van der Waals surface area contributed by atoms with Gasteiger partial charge < -0.3 is 16.0 Å². The van der Waals surface area contributed by atoms with Crippen LogP contribution in [0, 0.1) is 0 Å². The Hall–Kier alpha value is -2.12. The van der Waals surface area contributed by atoms with E-state index in [9.17, 15) is 9.59 Å². The van der Waals surface area contributed by atoms with E-state index in [4.69, 9.17) is 17.3 Å². The maximum atomic E-state index is 11.7. The molecule has 0 atom stereocenters. The molecule has 0 aliphatic carbocycles. The summed E-state index contributed by atoms with van der Waals surface area (Å²) >= 11 is 6.19. The Labute approximate surface area is 140 Å². The molecule has 0 spiro atoms. The Morgan fingerprint density at radius 3 is 2.65 bits per heavy atom. The van der Waals surface area contributed by atoms with E-state index >= 15 is 0 Å². The summed E-state index contributed by atoms with van der Waals surface area (Å²) in [7, 11) is 0. The van der Waals surface area contributed by atoms with Gasteiger partial charge in [-0.05, 0) is 6.07 Å². The second-order valence-electron chi connectivity index (χ2n) is 5.25. The Morgan fingerprint density at radius 1 is 1.39 bits per heavy atom. The van der Waals surface area contributed by atoms with Crippen LogP contribution in [0.4, 0.5) is 5.82 Å². The number of amides is 2. The molecule has 2 rings (SSSR count). The van der Waals surface area contributed by atoms with E-state index in [2.05, 4.69) is 21.8 Å². The third-order valence-electron chi connectivity index (χ3n) is 3.59. The van der Waals surface area contributed by atoms with E-state index in [-0.39, 0.29) is 11.5 Å². The topological polar surface area (TPSA) is 91.6 Å². The summed E-state index contributed by atoms with van der Waals surface area (Å²) in [5.41, 5.74) is 5.50. The van der Waals surface area contributed by atoms with Crippen molar-refractivity contribution >= 4 is 29.2 Å². The van der Waals surface area contributed by atoms with Crippen molar-refractivity contribution in [3.05, 3.63) is 35.5 Å². The van der Waals surface area contributed by atoms with Crippen molar-refractivity contribution in [3.63, 3.8) is 0 Å². The molecule has 3 N–H and O–H groups in total. The molecule has 2 amide bonds. The average Bonchev–Trinajstić information content (AvgIpc) is 2.53. The van der Waals surface area contributed by atoms with Crippen molar-refractivity contribution in [3.8, 4) is 0 Å². The van der Waals surface area contributed by atoms with Gasteiger partial charge in [-0.15, -0.1) is 6.58 Å². The van der Waals surface area contributed by atoms with Gasteiger partial charge in [0.2, 0.25) is 11.8 Å². The summed E-state index contributed by atoms with van der Waals surface area (Å²) in [6, 6.07) is 1.53. The number of nitrogens with one attached hydrogen (secondary N) is 1. The lowest BCUT2D eigenvalue weighted by Gasteiger charge is -2.35. The zero-order valence-electron chi connectivity index (χ0n) is 12.8. The molecule has 23 heavy (non-hydrogen) atoms. The van der Waals surface area contributed by atoms with E-state index in [1.807, 2.05) is 4.90 Å². The van der Waals surface area contributed by atoms with Gasteiger partial charge in [-0.1, -0.05) is 17.7 Å². The highest BCUT2D eigenvalue weighted by Gasteiger charge is 2.21. The molecule has 1 aromatic rings. The fourth-order valence-corrected chi connectivity index (χ4v) is 2.65. The van der Waals surface area contributed by atoms with Gasteiger partial charge in [0.1, 0.15) is 5.82 Å². The van der Waals surface area contributed by atoms with Crippen LogP contribution in [0.5, 0.6) is 0 Å². The molecule has 2 heterocycles. The van der Waals surface area contributed by atoms with Gasteiger partial charge in [0.25, 0.3) is 0 Å². The summed E-state index contributed by atoms with van der Waals surface area (Å²) in [6.07, 6.45) is 3.08. The molecule has 124 valence electrons. The highest BCUT2D eigenvalue weighted by atomic mass is 35.5. The van der Waals surface area contributed by atoms with Gasteiger partial charge in [-0.3, -0.25) is 14.5 Å². The number of rotatable bonds is 6. The van der Waals surface area contributed by atoms with Crippen LogP contribution >= 0.6 is 11.6 Å². The highest BCUT2D eigenvalue weighted by molar-refractivity contribution is 6.33. The normalized spacial score (nSPS) is 15.3. The molecule has 0 aromatic carbocycles. The van der Waals surface area contributed by atoms with Gasteiger partial charge in [0.05, 0.1) is 17.1 Å². The maximum absolute atomic E-state index is 11.7. The van der Waals surface area contributed by atoms with Gasteiger partial charge in [0.15, 0.2) is 0 Å². The maximum Gasteiger partial charge on any atom is 0.250 e. The molecule has 1 aliphatic rings. The lowest BCUT2D eigenvalue weighted by Crippen LogP contribution is -2.49. The van der Waals surface area contributed by atoms with Crippen LogP contribution in [-0.4, -0.2) is 61.0 Å². The largest absolute Gasteiger partial charge is 0.366 e. The SMILES string of the molecule is C=CCNC(=O)CN1CCN(c2ncc(C(N)=O)cc2Cl)CC1. The predicted octanol–water partition coefficient (Wildman–Crippen LogP) is 0.258. The number of anilines is 1. The van der Waals surface area contributed by atoms with Crippen molar-refractivity contribution in [2.75, 3.05) is 44.2 Å². The Balaban J connectivity index is 1.90. The van der Waals surface area contributed by atoms with Crippen molar-refractivity contribution in [1.29, 1.82) is 0 Å².